The monoisotopic (exact) mass is 358 g/mol. The molecule has 2 aromatic rings. The molecule has 1 aliphatic rings. The van der Waals surface area contributed by atoms with Crippen LogP contribution < -0.4 is 9.30 Å². The first-order valence-electron chi connectivity index (χ1n) is 7.81. The average Bonchev–Trinajstić information content (AvgIpc) is 2.52. The summed E-state index contributed by atoms with van der Waals surface area (Å²) in [6.07, 6.45) is -2.58. The van der Waals surface area contributed by atoms with Crippen molar-refractivity contribution in [2.24, 2.45) is 0 Å². The summed E-state index contributed by atoms with van der Waals surface area (Å²) in [6.45, 7) is 3.82. The Morgan fingerprint density at radius 1 is 1.24 bits per heavy atom. The summed E-state index contributed by atoms with van der Waals surface area (Å²) in [5.74, 6) is -2.78. The van der Waals surface area contributed by atoms with E-state index in [1.165, 1.54) is 13.2 Å². The van der Waals surface area contributed by atoms with Crippen LogP contribution in [-0.4, -0.2) is 7.11 Å². The van der Waals surface area contributed by atoms with Crippen LogP contribution in [0.2, 0.25) is 0 Å². The van der Waals surface area contributed by atoms with Gasteiger partial charge in [-0.25, -0.2) is 8.78 Å². The van der Waals surface area contributed by atoms with E-state index in [-0.39, 0.29) is 23.2 Å². The third-order valence-corrected chi connectivity index (χ3v) is 4.92. The Labute approximate surface area is 141 Å². The molecule has 25 heavy (non-hydrogen) atoms. The summed E-state index contributed by atoms with van der Waals surface area (Å²) in [4.78, 5) is 0. The fraction of sp³-hybridized carbons (Fsp3) is 0.389. The molecule has 1 aromatic carbocycles. The Balaban J connectivity index is 2.39. The molecule has 3 rings (SSSR count). The Morgan fingerprint density at radius 2 is 1.92 bits per heavy atom. The largest absolute Gasteiger partial charge is 0.496 e. The van der Waals surface area contributed by atoms with Gasteiger partial charge in [-0.15, -0.1) is 0 Å². The van der Waals surface area contributed by atoms with Gasteiger partial charge in [0, 0.05) is 25.8 Å². The summed E-state index contributed by atoms with van der Waals surface area (Å²) in [5, 5.41) is 0. The summed E-state index contributed by atoms with van der Waals surface area (Å²) >= 11 is 0. The molecule has 0 saturated carbocycles. The van der Waals surface area contributed by atoms with Crippen molar-refractivity contribution in [3.8, 4) is 17.0 Å². The molecule has 1 aliphatic heterocycles. The maximum atomic E-state index is 14.8. The average molecular weight is 358 g/mol. The standard InChI is InChI=1S/C18H17F5NO/c1-4-17(2)9-10-7-12(19)15(18(21,22)23)16(20)14(10)13-8-11(25-3)5-6-24(13)17/h5-8H,4,9H2,1-3H3/q+1. The van der Waals surface area contributed by atoms with Crippen molar-refractivity contribution in [1.29, 1.82) is 0 Å². The van der Waals surface area contributed by atoms with Gasteiger partial charge in [0.25, 0.3) is 0 Å². The van der Waals surface area contributed by atoms with E-state index in [0.717, 1.165) is 6.07 Å². The summed E-state index contributed by atoms with van der Waals surface area (Å²) in [5.41, 5.74) is -2.12. The fourth-order valence-corrected chi connectivity index (χ4v) is 3.41. The fourth-order valence-electron chi connectivity index (χ4n) is 3.41. The maximum Gasteiger partial charge on any atom is 0.422 e. The molecule has 0 N–H and O–H groups in total. The first kappa shape index (κ1) is 17.6. The number of hydrogen-bond donors (Lipinski definition) is 0. The van der Waals surface area contributed by atoms with Crippen molar-refractivity contribution in [3.05, 3.63) is 47.2 Å². The number of rotatable bonds is 2. The highest BCUT2D eigenvalue weighted by Gasteiger charge is 2.46. The first-order valence-corrected chi connectivity index (χ1v) is 7.81. The molecule has 0 fully saturated rings. The zero-order chi connectivity index (χ0) is 18.6. The Kier molecular flexibility index (Phi) is 4.00. The van der Waals surface area contributed by atoms with Crippen LogP contribution in [0.1, 0.15) is 31.4 Å². The SMILES string of the molecule is CCC1(C)Cc2cc(F)c(C(F)(F)F)c(F)c2-c2cc(OC)cc[n+]21. The normalized spacial score (nSPS) is 19.4. The molecule has 0 amide bonds. The van der Waals surface area contributed by atoms with Gasteiger partial charge in [-0.1, -0.05) is 6.92 Å². The lowest BCUT2D eigenvalue weighted by molar-refractivity contribution is -0.754. The van der Waals surface area contributed by atoms with Crippen LogP contribution in [0, 0.1) is 11.6 Å². The number of hydrogen-bond acceptors (Lipinski definition) is 1. The number of alkyl halides is 3. The van der Waals surface area contributed by atoms with Crippen LogP contribution in [0.4, 0.5) is 22.0 Å². The Morgan fingerprint density at radius 3 is 2.48 bits per heavy atom. The zero-order valence-corrected chi connectivity index (χ0v) is 14.0. The van der Waals surface area contributed by atoms with Gasteiger partial charge in [0.15, 0.2) is 17.6 Å². The summed E-state index contributed by atoms with van der Waals surface area (Å²) in [6, 6.07) is 3.94. The van der Waals surface area contributed by atoms with E-state index in [1.807, 2.05) is 13.8 Å². The van der Waals surface area contributed by atoms with Crippen LogP contribution in [0.15, 0.2) is 24.4 Å². The molecule has 0 aliphatic carbocycles. The van der Waals surface area contributed by atoms with Crippen LogP contribution in [0.25, 0.3) is 11.3 Å². The highest BCUT2D eigenvalue weighted by Crippen LogP contribution is 2.42. The predicted molar refractivity (Wildman–Crippen MR) is 81.2 cm³/mol. The molecule has 1 aromatic heterocycles. The maximum absolute atomic E-state index is 14.8. The molecule has 7 heteroatoms. The van der Waals surface area contributed by atoms with Crippen LogP contribution in [-0.2, 0) is 18.1 Å². The molecule has 2 nitrogen and oxygen atoms in total. The van der Waals surface area contributed by atoms with Crippen molar-refractivity contribution < 1.29 is 31.3 Å². The highest BCUT2D eigenvalue weighted by atomic mass is 19.4. The number of fused-ring (bicyclic) bond motifs is 3. The molecule has 0 spiro atoms. The summed E-state index contributed by atoms with van der Waals surface area (Å²) in [7, 11) is 1.41. The van der Waals surface area contributed by atoms with Gasteiger partial charge in [0.05, 0.1) is 18.7 Å². The predicted octanol–water partition coefficient (Wildman–Crippen LogP) is 4.63. The molecule has 1 unspecified atom stereocenters. The quantitative estimate of drug-likeness (QED) is 0.564. The second-order valence-electron chi connectivity index (χ2n) is 6.43. The molecular weight excluding hydrogens is 341 g/mol. The van der Waals surface area contributed by atoms with E-state index >= 15 is 0 Å². The second-order valence-corrected chi connectivity index (χ2v) is 6.43. The van der Waals surface area contributed by atoms with Gasteiger partial charge in [-0.05, 0) is 11.6 Å². The summed E-state index contributed by atoms with van der Waals surface area (Å²) < 4.78 is 75.0. The van der Waals surface area contributed by atoms with Crippen LogP contribution >= 0.6 is 0 Å². The number of ether oxygens (including phenoxy) is 1. The minimum absolute atomic E-state index is 0.223. The van der Waals surface area contributed by atoms with Gasteiger partial charge >= 0.3 is 6.18 Å². The van der Waals surface area contributed by atoms with Gasteiger partial charge in [-0.2, -0.15) is 17.7 Å². The lowest BCUT2D eigenvalue weighted by Crippen LogP contribution is -2.58. The lowest BCUT2D eigenvalue weighted by atomic mass is 9.81. The van der Waals surface area contributed by atoms with Gasteiger partial charge in [0.2, 0.25) is 5.69 Å². The third kappa shape index (κ3) is 2.65. The number of benzene rings is 1. The molecule has 1 atom stereocenters. The third-order valence-electron chi connectivity index (χ3n) is 4.92. The molecule has 2 heterocycles. The van der Waals surface area contributed by atoms with Crippen LogP contribution in [0.5, 0.6) is 5.75 Å². The van der Waals surface area contributed by atoms with Crippen molar-refractivity contribution in [2.45, 2.75) is 38.4 Å². The van der Waals surface area contributed by atoms with Crippen molar-refractivity contribution in [1.82, 2.24) is 0 Å². The number of pyridine rings is 1. The molecule has 0 bridgehead atoms. The number of halogens is 5. The van der Waals surface area contributed by atoms with Crippen molar-refractivity contribution >= 4 is 0 Å². The minimum atomic E-state index is -5.11. The van der Waals surface area contributed by atoms with E-state index in [9.17, 15) is 22.0 Å². The number of aromatic nitrogens is 1. The van der Waals surface area contributed by atoms with Gasteiger partial charge in [-0.3, -0.25) is 0 Å². The Hall–Kier alpha value is -2.18. The molecule has 0 saturated heterocycles. The van der Waals surface area contributed by atoms with E-state index in [0.29, 0.717) is 12.2 Å². The molecular formula is C18H17F5NO+. The Bertz CT molecular complexity index is 846. The lowest BCUT2D eigenvalue weighted by Gasteiger charge is -2.31. The van der Waals surface area contributed by atoms with Crippen molar-refractivity contribution in [2.75, 3.05) is 7.11 Å². The number of nitrogens with zero attached hydrogens (tertiary/aromatic N) is 1. The van der Waals surface area contributed by atoms with Gasteiger partial charge in [0.1, 0.15) is 17.1 Å². The second kappa shape index (κ2) is 5.68. The van der Waals surface area contributed by atoms with E-state index in [2.05, 4.69) is 0 Å². The minimum Gasteiger partial charge on any atom is -0.496 e. The topological polar surface area (TPSA) is 13.1 Å². The molecule has 0 radical (unpaired) electrons. The number of methoxy groups -OCH3 is 1. The van der Waals surface area contributed by atoms with Gasteiger partial charge < -0.3 is 4.74 Å². The zero-order valence-electron chi connectivity index (χ0n) is 14.0. The smallest absolute Gasteiger partial charge is 0.422 e. The van der Waals surface area contributed by atoms with Crippen molar-refractivity contribution in [3.63, 3.8) is 0 Å². The molecule has 134 valence electrons. The first-order chi connectivity index (χ1) is 11.6. The van der Waals surface area contributed by atoms with Crippen LogP contribution in [0.3, 0.4) is 0 Å². The van der Waals surface area contributed by atoms with E-state index in [1.54, 1.807) is 16.8 Å². The highest BCUT2D eigenvalue weighted by molar-refractivity contribution is 5.66. The van der Waals surface area contributed by atoms with E-state index in [4.69, 9.17) is 4.74 Å². The van der Waals surface area contributed by atoms with E-state index < -0.39 is 28.9 Å².